The monoisotopic (exact) mass is 274 g/mol. The third-order valence-electron chi connectivity index (χ3n) is 3.83. The number of nitrogens with zero attached hydrogens (tertiary/aromatic N) is 4. The zero-order chi connectivity index (χ0) is 14.1. The van der Waals surface area contributed by atoms with E-state index in [9.17, 15) is 9.59 Å². The third kappa shape index (κ3) is 2.33. The first-order valence-electron chi connectivity index (χ1n) is 6.96. The summed E-state index contributed by atoms with van der Waals surface area (Å²) in [4.78, 5) is 26.3. The number of rotatable bonds is 2. The summed E-state index contributed by atoms with van der Waals surface area (Å²) in [5.41, 5.74) is 0.469. The fourth-order valence-electron chi connectivity index (χ4n) is 2.73. The number of piperidine rings is 1. The average molecular weight is 274 g/mol. The van der Waals surface area contributed by atoms with Gasteiger partial charge in [-0.15, -0.1) is 0 Å². The van der Waals surface area contributed by atoms with Crippen molar-refractivity contribution in [2.24, 2.45) is 5.92 Å². The molecule has 2 aromatic rings. The summed E-state index contributed by atoms with van der Waals surface area (Å²) in [5.74, 6) is 0.502. The predicted octanol–water partition coefficient (Wildman–Crippen LogP) is 0.754. The largest absolute Gasteiger partial charge is 0.349 e. The number of likely N-dealkylation sites (tertiary alicyclic amines) is 1. The minimum Gasteiger partial charge on any atom is -0.341 e. The molecular formula is C14H18N4O2. The molecule has 6 nitrogen and oxygen atoms in total. The van der Waals surface area contributed by atoms with Gasteiger partial charge in [-0.25, -0.2) is 9.48 Å². The molecule has 0 bridgehead atoms. The zero-order valence-corrected chi connectivity index (χ0v) is 11.5. The molecule has 1 fully saturated rings. The van der Waals surface area contributed by atoms with Gasteiger partial charge in [0.2, 0.25) is 5.91 Å². The smallest absolute Gasteiger partial charge is 0.341 e. The molecule has 0 aromatic carbocycles. The zero-order valence-electron chi connectivity index (χ0n) is 11.5. The van der Waals surface area contributed by atoms with Crippen LogP contribution in [0.25, 0.3) is 5.52 Å². The lowest BCUT2D eigenvalue weighted by Crippen LogP contribution is -2.43. The first-order valence-corrected chi connectivity index (χ1v) is 6.96. The van der Waals surface area contributed by atoms with Crippen LogP contribution in [0.15, 0.2) is 29.3 Å². The van der Waals surface area contributed by atoms with Crippen molar-refractivity contribution < 1.29 is 4.79 Å². The van der Waals surface area contributed by atoms with Gasteiger partial charge in [0, 0.05) is 19.3 Å². The van der Waals surface area contributed by atoms with Crippen LogP contribution in [-0.4, -0.2) is 38.1 Å². The highest BCUT2D eigenvalue weighted by Crippen LogP contribution is 2.15. The van der Waals surface area contributed by atoms with E-state index in [-0.39, 0.29) is 18.1 Å². The SMILES string of the molecule is C[C@@H]1CCCN(C(=O)Cn2ncc3cccn3c2=O)C1. The molecule has 106 valence electrons. The molecule has 1 atom stereocenters. The van der Waals surface area contributed by atoms with Crippen molar-refractivity contribution in [2.45, 2.75) is 26.3 Å². The van der Waals surface area contributed by atoms with E-state index in [0.29, 0.717) is 5.92 Å². The Hall–Kier alpha value is -2.11. The quantitative estimate of drug-likeness (QED) is 0.812. The molecule has 6 heteroatoms. The maximum Gasteiger partial charge on any atom is 0.349 e. The number of carbonyl (C=O) groups excluding carboxylic acids is 1. The van der Waals surface area contributed by atoms with E-state index in [0.717, 1.165) is 31.4 Å². The van der Waals surface area contributed by atoms with Crippen LogP contribution < -0.4 is 5.69 Å². The number of amides is 1. The van der Waals surface area contributed by atoms with E-state index >= 15 is 0 Å². The van der Waals surface area contributed by atoms with E-state index in [1.54, 1.807) is 18.5 Å². The van der Waals surface area contributed by atoms with Gasteiger partial charge in [0.15, 0.2) is 0 Å². The highest BCUT2D eigenvalue weighted by molar-refractivity contribution is 5.76. The third-order valence-corrected chi connectivity index (χ3v) is 3.83. The summed E-state index contributed by atoms with van der Waals surface area (Å²) in [5, 5.41) is 4.07. The summed E-state index contributed by atoms with van der Waals surface area (Å²) in [6.07, 6.45) is 5.49. The van der Waals surface area contributed by atoms with Gasteiger partial charge < -0.3 is 4.90 Å². The Kier molecular flexibility index (Phi) is 3.30. The molecule has 0 N–H and O–H groups in total. The summed E-state index contributed by atoms with van der Waals surface area (Å²) >= 11 is 0. The Labute approximate surface area is 116 Å². The van der Waals surface area contributed by atoms with Crippen LogP contribution in [0.2, 0.25) is 0 Å². The van der Waals surface area contributed by atoms with Crippen molar-refractivity contribution in [1.82, 2.24) is 19.1 Å². The fraction of sp³-hybridized carbons (Fsp3) is 0.500. The van der Waals surface area contributed by atoms with Gasteiger partial charge in [0.1, 0.15) is 6.54 Å². The van der Waals surface area contributed by atoms with Crippen LogP contribution in [0.1, 0.15) is 19.8 Å². The summed E-state index contributed by atoms with van der Waals surface area (Å²) in [6, 6.07) is 3.60. The van der Waals surface area contributed by atoms with Crippen molar-refractivity contribution >= 4 is 11.4 Å². The van der Waals surface area contributed by atoms with Crippen LogP contribution in [0.5, 0.6) is 0 Å². The van der Waals surface area contributed by atoms with Crippen LogP contribution in [0.3, 0.4) is 0 Å². The van der Waals surface area contributed by atoms with E-state index in [4.69, 9.17) is 0 Å². The van der Waals surface area contributed by atoms with Gasteiger partial charge in [-0.2, -0.15) is 5.10 Å². The Morgan fingerprint density at radius 2 is 2.35 bits per heavy atom. The minimum absolute atomic E-state index is 0.0136. The second-order valence-corrected chi connectivity index (χ2v) is 5.48. The molecular weight excluding hydrogens is 256 g/mol. The van der Waals surface area contributed by atoms with Gasteiger partial charge in [0.05, 0.1) is 11.7 Å². The van der Waals surface area contributed by atoms with E-state index < -0.39 is 0 Å². The maximum atomic E-state index is 12.3. The molecule has 0 saturated carbocycles. The van der Waals surface area contributed by atoms with Crippen LogP contribution >= 0.6 is 0 Å². The molecule has 0 spiro atoms. The lowest BCUT2D eigenvalue weighted by molar-refractivity contribution is -0.133. The number of fused-ring (bicyclic) bond motifs is 1. The number of hydrogen-bond acceptors (Lipinski definition) is 3. The second-order valence-electron chi connectivity index (χ2n) is 5.48. The molecule has 3 heterocycles. The first-order chi connectivity index (χ1) is 9.65. The van der Waals surface area contributed by atoms with Crippen molar-refractivity contribution in [2.75, 3.05) is 13.1 Å². The molecule has 1 amide bonds. The molecule has 1 aliphatic rings. The average Bonchev–Trinajstić information content (AvgIpc) is 2.91. The highest BCUT2D eigenvalue weighted by atomic mass is 16.2. The normalized spacial score (nSPS) is 19.4. The molecule has 1 saturated heterocycles. The van der Waals surface area contributed by atoms with Gasteiger partial charge in [-0.3, -0.25) is 9.20 Å². The van der Waals surface area contributed by atoms with Crippen LogP contribution in [0.4, 0.5) is 0 Å². The number of aromatic nitrogens is 3. The summed E-state index contributed by atoms with van der Waals surface area (Å²) in [7, 11) is 0. The first kappa shape index (κ1) is 12.9. The standard InChI is InChI=1S/C14H18N4O2/c1-11-4-2-6-16(9-11)13(19)10-18-14(20)17-7-3-5-12(17)8-15-18/h3,5,7-8,11H,2,4,6,9-10H2,1H3/t11-/m1/s1. The fourth-order valence-corrected chi connectivity index (χ4v) is 2.73. The van der Waals surface area contributed by atoms with Crippen molar-refractivity contribution in [1.29, 1.82) is 0 Å². The van der Waals surface area contributed by atoms with Gasteiger partial charge >= 0.3 is 5.69 Å². The predicted molar refractivity (Wildman–Crippen MR) is 74.4 cm³/mol. The maximum absolute atomic E-state index is 12.3. The van der Waals surface area contributed by atoms with Gasteiger partial charge in [0.25, 0.3) is 0 Å². The Bertz CT molecular complexity index is 688. The molecule has 0 radical (unpaired) electrons. The second kappa shape index (κ2) is 5.11. The van der Waals surface area contributed by atoms with Crippen molar-refractivity contribution in [3.8, 4) is 0 Å². The lowest BCUT2D eigenvalue weighted by atomic mass is 10.0. The van der Waals surface area contributed by atoms with Gasteiger partial charge in [-0.05, 0) is 30.9 Å². The van der Waals surface area contributed by atoms with Crippen LogP contribution in [-0.2, 0) is 11.3 Å². The van der Waals surface area contributed by atoms with E-state index in [1.807, 2.05) is 11.0 Å². The number of carbonyl (C=O) groups is 1. The van der Waals surface area contributed by atoms with E-state index in [1.165, 1.54) is 9.08 Å². The molecule has 1 aliphatic heterocycles. The molecule has 20 heavy (non-hydrogen) atoms. The molecule has 2 aromatic heterocycles. The number of hydrogen-bond donors (Lipinski definition) is 0. The molecule has 0 unspecified atom stereocenters. The van der Waals surface area contributed by atoms with Gasteiger partial charge in [-0.1, -0.05) is 6.92 Å². The van der Waals surface area contributed by atoms with Crippen molar-refractivity contribution in [3.05, 3.63) is 35.0 Å². The Morgan fingerprint density at radius 1 is 1.50 bits per heavy atom. The summed E-state index contributed by atoms with van der Waals surface area (Å²) < 4.78 is 2.73. The highest BCUT2D eigenvalue weighted by Gasteiger charge is 2.21. The Balaban J connectivity index is 1.80. The summed E-state index contributed by atoms with van der Waals surface area (Å²) in [6.45, 7) is 3.72. The topological polar surface area (TPSA) is 59.6 Å². The lowest BCUT2D eigenvalue weighted by Gasteiger charge is -2.30. The molecule has 3 rings (SSSR count). The van der Waals surface area contributed by atoms with Crippen molar-refractivity contribution in [3.63, 3.8) is 0 Å². The van der Waals surface area contributed by atoms with E-state index in [2.05, 4.69) is 12.0 Å². The van der Waals surface area contributed by atoms with Crippen LogP contribution in [0, 0.1) is 5.92 Å². The minimum atomic E-state index is -0.272. The Morgan fingerprint density at radius 3 is 3.15 bits per heavy atom. The molecule has 0 aliphatic carbocycles.